The molecule has 0 radical (unpaired) electrons. The van der Waals surface area contributed by atoms with Gasteiger partial charge >= 0.3 is 0 Å². The van der Waals surface area contributed by atoms with Crippen LogP contribution in [0.25, 0.3) is 0 Å². The zero-order valence-electron chi connectivity index (χ0n) is 21.1. The van der Waals surface area contributed by atoms with E-state index >= 15 is 0 Å². The van der Waals surface area contributed by atoms with E-state index in [0.717, 1.165) is 10.0 Å². The zero-order chi connectivity index (χ0) is 27.7. The fraction of sp³-hybridized carbons (Fsp3) is 0.250. The molecule has 3 aromatic rings. The topological polar surface area (TPSA) is 89.0 Å². The van der Waals surface area contributed by atoms with Crippen LogP contribution >= 0.6 is 39.1 Å². The summed E-state index contributed by atoms with van der Waals surface area (Å²) in [6.45, 7) is 6.38. The number of hydrogen-bond acceptors (Lipinski definition) is 5. The summed E-state index contributed by atoms with van der Waals surface area (Å²) >= 11 is 15.4. The van der Waals surface area contributed by atoms with Crippen molar-refractivity contribution in [3.63, 3.8) is 0 Å². The van der Waals surface area contributed by atoms with Crippen LogP contribution in [0.15, 0.2) is 70.2 Å². The molecule has 0 aliphatic rings. The van der Waals surface area contributed by atoms with Gasteiger partial charge in [-0.25, -0.2) is 5.43 Å². The number of nitrogens with zero attached hydrogens (tertiary/aromatic N) is 1. The molecular formula is C28H28BrCl2N3O4. The Kier molecular flexibility index (Phi) is 11.0. The molecule has 200 valence electrons. The minimum atomic E-state index is -0.817. The molecule has 0 aromatic heterocycles. The number of amides is 2. The van der Waals surface area contributed by atoms with Gasteiger partial charge in [-0.05, 0) is 72.5 Å². The summed E-state index contributed by atoms with van der Waals surface area (Å²) in [6.07, 6.45) is 1.50. The second kappa shape index (κ2) is 14.2. The van der Waals surface area contributed by atoms with E-state index in [1.165, 1.54) is 18.3 Å². The molecule has 0 aliphatic carbocycles. The van der Waals surface area contributed by atoms with Crippen LogP contribution in [0, 0.1) is 5.92 Å². The minimum Gasteiger partial charge on any atom is -0.490 e. The lowest BCUT2D eigenvalue weighted by molar-refractivity contribution is -0.123. The van der Waals surface area contributed by atoms with E-state index in [-0.39, 0.29) is 10.9 Å². The molecule has 0 aliphatic heterocycles. The number of rotatable bonds is 11. The Morgan fingerprint density at radius 1 is 0.974 bits per heavy atom. The maximum absolute atomic E-state index is 12.8. The summed E-state index contributed by atoms with van der Waals surface area (Å²) in [6, 6.07) is 17.0. The molecule has 0 fully saturated rings. The van der Waals surface area contributed by atoms with Crippen molar-refractivity contribution < 1.29 is 19.1 Å². The quantitative estimate of drug-likeness (QED) is 0.186. The Morgan fingerprint density at radius 3 is 2.37 bits per heavy atom. The van der Waals surface area contributed by atoms with E-state index in [0.29, 0.717) is 40.9 Å². The molecule has 0 saturated carbocycles. The Morgan fingerprint density at radius 2 is 1.71 bits per heavy atom. The van der Waals surface area contributed by atoms with Crippen molar-refractivity contribution in [3.05, 3.63) is 91.9 Å². The number of nitrogens with one attached hydrogen (secondary N) is 2. The number of carbonyl (C=O) groups excluding carboxylic acids is 2. The third-order valence-electron chi connectivity index (χ3n) is 5.38. The minimum absolute atomic E-state index is 0.191. The van der Waals surface area contributed by atoms with Crippen molar-refractivity contribution in [1.82, 2.24) is 10.7 Å². The number of carbonyl (C=O) groups is 2. The summed E-state index contributed by atoms with van der Waals surface area (Å²) in [5.41, 5.74) is 4.52. The second-order valence-corrected chi connectivity index (χ2v) is 10.3. The third kappa shape index (κ3) is 8.48. The summed E-state index contributed by atoms with van der Waals surface area (Å²) in [7, 11) is 0. The van der Waals surface area contributed by atoms with Crippen LogP contribution < -0.4 is 20.2 Å². The number of hydrogen-bond donors (Lipinski definition) is 2. The molecule has 2 amide bonds. The predicted molar refractivity (Wildman–Crippen MR) is 154 cm³/mol. The smallest absolute Gasteiger partial charge is 0.262 e. The standard InChI is InChI=1S/C28H28BrCl2N3O4/c1-4-37-25-13-19(7-12-24(25)38-16-18-5-9-21(29)10-6-18)15-32-34-28(36)26(17(2)3)33-27(35)20-8-11-22(30)23(31)14-20/h5-15,17,26H,4,16H2,1-3H3,(H,33,35)(H,34,36). The summed E-state index contributed by atoms with van der Waals surface area (Å²) in [5, 5.41) is 7.39. The maximum atomic E-state index is 12.8. The Balaban J connectivity index is 1.63. The van der Waals surface area contributed by atoms with Crippen molar-refractivity contribution in [2.24, 2.45) is 11.0 Å². The van der Waals surface area contributed by atoms with Gasteiger partial charge in [0.1, 0.15) is 12.6 Å². The van der Waals surface area contributed by atoms with Crippen LogP contribution in [0.4, 0.5) is 0 Å². The Bertz CT molecular complexity index is 1300. The molecule has 1 unspecified atom stereocenters. The number of hydrazone groups is 1. The lowest BCUT2D eigenvalue weighted by Gasteiger charge is -2.20. The lowest BCUT2D eigenvalue weighted by atomic mass is 10.0. The van der Waals surface area contributed by atoms with Crippen molar-refractivity contribution in [1.29, 1.82) is 0 Å². The van der Waals surface area contributed by atoms with Crippen LogP contribution in [0.3, 0.4) is 0 Å². The predicted octanol–water partition coefficient (Wildman–Crippen LogP) is 6.64. The van der Waals surface area contributed by atoms with Gasteiger partial charge in [0.15, 0.2) is 11.5 Å². The number of ether oxygens (including phenoxy) is 2. The fourth-order valence-corrected chi connectivity index (χ4v) is 3.93. The molecule has 1 atom stereocenters. The first kappa shape index (κ1) is 29.5. The normalized spacial score (nSPS) is 11.9. The average molecular weight is 621 g/mol. The highest BCUT2D eigenvalue weighted by Gasteiger charge is 2.24. The van der Waals surface area contributed by atoms with Crippen LogP contribution in [0.5, 0.6) is 11.5 Å². The number of benzene rings is 3. The molecule has 0 saturated heterocycles. The Labute approximate surface area is 240 Å². The molecule has 0 bridgehead atoms. The van der Waals surface area contributed by atoms with Crippen LogP contribution in [0.2, 0.25) is 10.0 Å². The van der Waals surface area contributed by atoms with Gasteiger partial charge < -0.3 is 14.8 Å². The van der Waals surface area contributed by atoms with Gasteiger partial charge in [-0.15, -0.1) is 0 Å². The molecule has 0 spiro atoms. The molecule has 2 N–H and O–H groups in total. The molecule has 3 aromatic carbocycles. The van der Waals surface area contributed by atoms with Gasteiger partial charge in [-0.1, -0.05) is 65.1 Å². The van der Waals surface area contributed by atoms with E-state index in [1.807, 2.05) is 45.0 Å². The van der Waals surface area contributed by atoms with Crippen molar-refractivity contribution in [2.75, 3.05) is 6.61 Å². The highest BCUT2D eigenvalue weighted by atomic mass is 79.9. The van der Waals surface area contributed by atoms with E-state index in [9.17, 15) is 9.59 Å². The molecular weight excluding hydrogens is 593 g/mol. The molecule has 0 heterocycles. The first-order valence-corrected chi connectivity index (χ1v) is 13.5. The first-order chi connectivity index (χ1) is 18.2. The first-order valence-electron chi connectivity index (χ1n) is 11.9. The SMILES string of the molecule is CCOc1cc(C=NNC(=O)C(NC(=O)c2ccc(Cl)c(Cl)c2)C(C)C)ccc1OCc1ccc(Br)cc1. The zero-order valence-corrected chi connectivity index (χ0v) is 24.2. The molecule has 7 nitrogen and oxygen atoms in total. The van der Waals surface area contributed by atoms with Gasteiger partial charge in [0.25, 0.3) is 11.8 Å². The molecule has 38 heavy (non-hydrogen) atoms. The van der Waals surface area contributed by atoms with Gasteiger partial charge in [0, 0.05) is 10.0 Å². The lowest BCUT2D eigenvalue weighted by Crippen LogP contribution is -2.48. The highest BCUT2D eigenvalue weighted by Crippen LogP contribution is 2.29. The van der Waals surface area contributed by atoms with E-state index in [2.05, 4.69) is 31.8 Å². The maximum Gasteiger partial charge on any atom is 0.262 e. The van der Waals surface area contributed by atoms with E-state index < -0.39 is 17.9 Å². The van der Waals surface area contributed by atoms with Gasteiger partial charge in [-0.3, -0.25) is 9.59 Å². The molecule has 3 rings (SSSR count). The largest absolute Gasteiger partial charge is 0.490 e. The molecule has 10 heteroatoms. The van der Waals surface area contributed by atoms with Crippen molar-refractivity contribution in [2.45, 2.75) is 33.4 Å². The van der Waals surface area contributed by atoms with Crippen LogP contribution in [-0.2, 0) is 11.4 Å². The second-order valence-electron chi connectivity index (χ2n) is 8.61. The van der Waals surface area contributed by atoms with Crippen LogP contribution in [-0.4, -0.2) is 30.7 Å². The number of halogens is 3. The van der Waals surface area contributed by atoms with Crippen LogP contribution in [0.1, 0.15) is 42.3 Å². The van der Waals surface area contributed by atoms with Crippen molar-refractivity contribution >= 4 is 57.2 Å². The summed E-state index contributed by atoms with van der Waals surface area (Å²) < 4.78 is 12.7. The summed E-state index contributed by atoms with van der Waals surface area (Å²) in [4.78, 5) is 25.4. The average Bonchev–Trinajstić information content (AvgIpc) is 2.89. The monoisotopic (exact) mass is 619 g/mol. The van der Waals surface area contributed by atoms with E-state index in [1.54, 1.807) is 24.3 Å². The van der Waals surface area contributed by atoms with Gasteiger partial charge in [0.05, 0.1) is 22.9 Å². The third-order valence-corrected chi connectivity index (χ3v) is 6.65. The van der Waals surface area contributed by atoms with Gasteiger partial charge in [-0.2, -0.15) is 5.10 Å². The highest BCUT2D eigenvalue weighted by molar-refractivity contribution is 9.10. The van der Waals surface area contributed by atoms with Crippen molar-refractivity contribution in [3.8, 4) is 11.5 Å². The Hall–Kier alpha value is -3.07. The van der Waals surface area contributed by atoms with E-state index in [4.69, 9.17) is 32.7 Å². The van der Waals surface area contributed by atoms with Gasteiger partial charge in [0.2, 0.25) is 0 Å². The fourth-order valence-electron chi connectivity index (χ4n) is 3.37. The summed E-state index contributed by atoms with van der Waals surface area (Å²) in [5.74, 6) is 0.0731.